The first-order valence-electron chi connectivity index (χ1n) is 8.21. The predicted molar refractivity (Wildman–Crippen MR) is 104 cm³/mol. The summed E-state index contributed by atoms with van der Waals surface area (Å²) in [5.41, 5.74) is 3.63. The molecule has 3 rings (SSSR count). The standard InChI is InChI=1S/C21H17N3O3/c1-14-4-2-3-5-19(14)24-23-18-10-11-20(25)16(12-18)13-22-17-8-6-15(7-9-17)21(26)27/h2-13,25H,1H3,(H,26,27). The molecule has 0 aliphatic heterocycles. The van der Waals surface area contributed by atoms with Gasteiger partial charge in [0, 0.05) is 11.8 Å². The molecule has 6 heteroatoms. The molecule has 2 N–H and O–H groups in total. The summed E-state index contributed by atoms with van der Waals surface area (Å²) in [6.45, 7) is 1.96. The lowest BCUT2D eigenvalue weighted by Crippen LogP contribution is -1.94. The van der Waals surface area contributed by atoms with Crippen LogP contribution in [0.5, 0.6) is 5.75 Å². The summed E-state index contributed by atoms with van der Waals surface area (Å²) in [4.78, 5) is 15.1. The second kappa shape index (κ2) is 8.05. The van der Waals surface area contributed by atoms with Crippen LogP contribution >= 0.6 is 0 Å². The van der Waals surface area contributed by atoms with E-state index in [2.05, 4.69) is 15.2 Å². The van der Waals surface area contributed by atoms with Gasteiger partial charge in [0.2, 0.25) is 0 Å². The van der Waals surface area contributed by atoms with Gasteiger partial charge in [-0.3, -0.25) is 4.99 Å². The number of azo groups is 1. The minimum absolute atomic E-state index is 0.0655. The fourth-order valence-corrected chi connectivity index (χ4v) is 2.33. The van der Waals surface area contributed by atoms with Gasteiger partial charge in [-0.15, -0.1) is 0 Å². The van der Waals surface area contributed by atoms with Crippen molar-refractivity contribution >= 4 is 29.2 Å². The molecule has 6 nitrogen and oxygen atoms in total. The molecule has 0 heterocycles. The lowest BCUT2D eigenvalue weighted by Gasteiger charge is -2.01. The highest BCUT2D eigenvalue weighted by molar-refractivity contribution is 5.89. The van der Waals surface area contributed by atoms with Crippen LogP contribution in [0.1, 0.15) is 21.5 Å². The lowest BCUT2D eigenvalue weighted by molar-refractivity contribution is 0.0697. The maximum Gasteiger partial charge on any atom is 0.335 e. The van der Waals surface area contributed by atoms with Crippen LogP contribution in [0.2, 0.25) is 0 Å². The van der Waals surface area contributed by atoms with Crippen LogP contribution in [-0.4, -0.2) is 22.4 Å². The van der Waals surface area contributed by atoms with E-state index < -0.39 is 5.97 Å². The van der Waals surface area contributed by atoms with Crippen molar-refractivity contribution in [2.75, 3.05) is 0 Å². The number of carbonyl (C=O) groups is 1. The molecule has 0 amide bonds. The van der Waals surface area contributed by atoms with E-state index in [1.165, 1.54) is 24.4 Å². The highest BCUT2D eigenvalue weighted by Crippen LogP contribution is 2.26. The number of aromatic carboxylic acids is 1. The Balaban J connectivity index is 1.81. The summed E-state index contributed by atoms with van der Waals surface area (Å²) < 4.78 is 0. The largest absolute Gasteiger partial charge is 0.507 e. The highest BCUT2D eigenvalue weighted by atomic mass is 16.4. The lowest BCUT2D eigenvalue weighted by atomic mass is 10.2. The maximum atomic E-state index is 10.9. The Morgan fingerprint density at radius 3 is 2.33 bits per heavy atom. The number of carboxylic acid groups (broad SMARTS) is 1. The van der Waals surface area contributed by atoms with Gasteiger partial charge in [-0.05, 0) is 61.0 Å². The first-order chi connectivity index (χ1) is 13.0. The monoisotopic (exact) mass is 359 g/mol. The number of aliphatic imine (C=N–C) groups is 1. The van der Waals surface area contributed by atoms with Crippen LogP contribution in [0.3, 0.4) is 0 Å². The Morgan fingerprint density at radius 2 is 1.63 bits per heavy atom. The molecule has 0 saturated heterocycles. The van der Waals surface area contributed by atoms with Crippen LogP contribution in [0.25, 0.3) is 0 Å². The van der Waals surface area contributed by atoms with Gasteiger partial charge in [0.05, 0.1) is 22.6 Å². The van der Waals surface area contributed by atoms with Crippen molar-refractivity contribution in [3.05, 3.63) is 83.4 Å². The van der Waals surface area contributed by atoms with Crippen molar-refractivity contribution in [1.29, 1.82) is 0 Å². The van der Waals surface area contributed by atoms with E-state index >= 15 is 0 Å². The number of phenols is 1. The summed E-state index contributed by atoms with van der Waals surface area (Å²) in [5, 5.41) is 27.4. The Hall–Kier alpha value is -3.80. The third kappa shape index (κ3) is 4.64. The summed E-state index contributed by atoms with van der Waals surface area (Å²) in [7, 11) is 0. The van der Waals surface area contributed by atoms with E-state index in [1.807, 2.05) is 31.2 Å². The van der Waals surface area contributed by atoms with Crippen LogP contribution < -0.4 is 0 Å². The van der Waals surface area contributed by atoms with E-state index in [9.17, 15) is 9.90 Å². The average Bonchev–Trinajstić information content (AvgIpc) is 2.67. The molecule has 0 aliphatic carbocycles. The van der Waals surface area contributed by atoms with Crippen molar-refractivity contribution < 1.29 is 15.0 Å². The Morgan fingerprint density at radius 1 is 0.926 bits per heavy atom. The van der Waals surface area contributed by atoms with E-state index in [0.717, 1.165) is 11.3 Å². The molecule has 3 aromatic rings. The molecule has 0 bridgehead atoms. The molecule has 0 radical (unpaired) electrons. The minimum atomic E-state index is -0.991. The van der Waals surface area contributed by atoms with Gasteiger partial charge >= 0.3 is 5.97 Å². The third-order valence-electron chi connectivity index (χ3n) is 3.87. The quantitative estimate of drug-likeness (QED) is 0.461. The van der Waals surface area contributed by atoms with Crippen molar-refractivity contribution in [2.45, 2.75) is 6.92 Å². The van der Waals surface area contributed by atoms with Crippen molar-refractivity contribution in [3.63, 3.8) is 0 Å². The summed E-state index contributed by atoms with van der Waals surface area (Å²) in [5.74, 6) is -0.925. The van der Waals surface area contributed by atoms with Gasteiger partial charge in [0.15, 0.2) is 0 Å². The second-order valence-electron chi connectivity index (χ2n) is 5.84. The fraction of sp³-hybridized carbons (Fsp3) is 0.0476. The molecule has 0 aromatic heterocycles. The number of aryl methyl sites for hydroxylation is 1. The summed E-state index contributed by atoms with van der Waals surface area (Å²) in [6, 6.07) is 18.7. The van der Waals surface area contributed by atoms with Crippen molar-refractivity contribution in [1.82, 2.24) is 0 Å². The third-order valence-corrected chi connectivity index (χ3v) is 3.87. The van der Waals surface area contributed by atoms with Crippen LogP contribution in [0.15, 0.2) is 82.0 Å². The zero-order valence-corrected chi connectivity index (χ0v) is 14.6. The van der Waals surface area contributed by atoms with Gasteiger partial charge in [-0.2, -0.15) is 10.2 Å². The van der Waals surface area contributed by atoms with E-state index in [0.29, 0.717) is 16.9 Å². The van der Waals surface area contributed by atoms with Gasteiger partial charge < -0.3 is 10.2 Å². The van der Waals surface area contributed by atoms with Gasteiger partial charge in [-0.1, -0.05) is 18.2 Å². The van der Waals surface area contributed by atoms with Crippen LogP contribution in [-0.2, 0) is 0 Å². The number of rotatable bonds is 5. The van der Waals surface area contributed by atoms with Gasteiger partial charge in [0.25, 0.3) is 0 Å². The van der Waals surface area contributed by atoms with Gasteiger partial charge in [-0.25, -0.2) is 4.79 Å². The average molecular weight is 359 g/mol. The van der Waals surface area contributed by atoms with E-state index in [1.54, 1.807) is 24.3 Å². The molecule has 3 aromatic carbocycles. The normalized spacial score (nSPS) is 11.3. The first-order valence-corrected chi connectivity index (χ1v) is 8.21. The minimum Gasteiger partial charge on any atom is -0.507 e. The molecule has 0 spiro atoms. The smallest absolute Gasteiger partial charge is 0.335 e. The zero-order valence-electron chi connectivity index (χ0n) is 14.6. The number of benzene rings is 3. The van der Waals surface area contributed by atoms with E-state index in [4.69, 9.17) is 5.11 Å². The zero-order chi connectivity index (χ0) is 19.2. The molecule has 0 atom stereocenters. The Kier molecular flexibility index (Phi) is 5.37. The number of nitrogens with zero attached hydrogens (tertiary/aromatic N) is 3. The topological polar surface area (TPSA) is 94.6 Å². The Labute approximate surface area is 156 Å². The van der Waals surface area contributed by atoms with E-state index in [-0.39, 0.29) is 11.3 Å². The maximum absolute atomic E-state index is 10.9. The molecular weight excluding hydrogens is 342 g/mol. The molecule has 134 valence electrons. The SMILES string of the molecule is Cc1ccccc1N=Nc1ccc(O)c(C=Nc2ccc(C(=O)O)cc2)c1. The highest BCUT2D eigenvalue weighted by Gasteiger charge is 2.03. The van der Waals surface area contributed by atoms with Crippen molar-refractivity contribution in [3.8, 4) is 5.75 Å². The fourth-order valence-electron chi connectivity index (χ4n) is 2.33. The number of aromatic hydroxyl groups is 1. The molecule has 0 aliphatic rings. The van der Waals surface area contributed by atoms with Crippen molar-refractivity contribution in [2.24, 2.45) is 15.2 Å². The predicted octanol–water partition coefficient (Wildman–Crippen LogP) is 5.56. The number of phenolic OH excluding ortho intramolecular Hbond substituents is 1. The molecule has 0 fully saturated rings. The summed E-state index contributed by atoms with van der Waals surface area (Å²) >= 11 is 0. The van der Waals surface area contributed by atoms with Crippen LogP contribution in [0.4, 0.5) is 17.1 Å². The molecule has 27 heavy (non-hydrogen) atoms. The number of hydrogen-bond donors (Lipinski definition) is 2. The van der Waals surface area contributed by atoms with Gasteiger partial charge in [0.1, 0.15) is 5.75 Å². The molecular formula is C21H17N3O3. The first kappa shape index (κ1) is 18.0. The summed E-state index contributed by atoms with van der Waals surface area (Å²) in [6.07, 6.45) is 1.50. The molecule has 0 saturated carbocycles. The van der Waals surface area contributed by atoms with Crippen LogP contribution in [0, 0.1) is 6.92 Å². The molecule has 0 unspecified atom stereocenters. The second-order valence-corrected chi connectivity index (χ2v) is 5.84. The number of hydrogen-bond acceptors (Lipinski definition) is 5. The Bertz CT molecular complexity index is 1030. The number of carboxylic acids is 1.